The summed E-state index contributed by atoms with van der Waals surface area (Å²) in [6, 6.07) is 6.42. The average Bonchev–Trinajstić information content (AvgIpc) is 2.84. The third-order valence-corrected chi connectivity index (χ3v) is 6.69. The molecule has 6 nitrogen and oxygen atoms in total. The molecule has 2 aliphatic rings. The lowest BCUT2D eigenvalue weighted by Gasteiger charge is -2.21. The van der Waals surface area contributed by atoms with Crippen molar-refractivity contribution in [1.82, 2.24) is 9.21 Å². The van der Waals surface area contributed by atoms with Gasteiger partial charge in [-0.2, -0.15) is 4.31 Å². The molecule has 2 N–H and O–H groups in total. The van der Waals surface area contributed by atoms with Crippen molar-refractivity contribution < 1.29 is 13.2 Å². The number of likely N-dealkylation sites (tertiary alicyclic amines) is 1. The van der Waals surface area contributed by atoms with Crippen molar-refractivity contribution in [2.75, 3.05) is 26.2 Å². The molecule has 7 heteroatoms. The molecule has 2 aliphatic heterocycles. The summed E-state index contributed by atoms with van der Waals surface area (Å²) in [5, 5.41) is 0. The first-order valence-corrected chi connectivity index (χ1v) is 10.1. The Morgan fingerprint density at radius 1 is 1.08 bits per heavy atom. The van der Waals surface area contributed by atoms with E-state index in [2.05, 4.69) is 0 Å². The molecule has 0 aromatic heterocycles. The van der Waals surface area contributed by atoms with Gasteiger partial charge in [-0.05, 0) is 37.5 Å². The summed E-state index contributed by atoms with van der Waals surface area (Å²) in [6.45, 7) is 2.27. The Morgan fingerprint density at radius 2 is 1.79 bits per heavy atom. The Morgan fingerprint density at radius 3 is 2.42 bits per heavy atom. The molecule has 3 rings (SSSR count). The van der Waals surface area contributed by atoms with Crippen molar-refractivity contribution in [2.45, 2.75) is 43.0 Å². The Hall–Kier alpha value is -1.44. The standard InChI is InChI=1S/C17H25N3O3S/c18-15-8-11-19(13-15)17(21)14-6-5-7-16(12-14)24(22,23)20-9-3-1-2-4-10-20/h5-7,12,15H,1-4,8-11,13,18H2/t15-/m1/s1. The number of amides is 1. The molecule has 1 amide bonds. The summed E-state index contributed by atoms with van der Waals surface area (Å²) in [6.07, 6.45) is 4.71. The van der Waals surface area contributed by atoms with Crippen LogP contribution in [-0.2, 0) is 10.0 Å². The summed E-state index contributed by atoms with van der Waals surface area (Å²) in [7, 11) is -3.54. The Kier molecular flexibility index (Phi) is 5.22. The van der Waals surface area contributed by atoms with Crippen molar-refractivity contribution in [3.8, 4) is 0 Å². The molecule has 1 aromatic carbocycles. The van der Waals surface area contributed by atoms with Crippen LogP contribution < -0.4 is 5.73 Å². The van der Waals surface area contributed by atoms with Gasteiger partial charge in [-0.3, -0.25) is 4.79 Å². The number of nitrogens with zero attached hydrogens (tertiary/aromatic N) is 2. The van der Waals surface area contributed by atoms with Gasteiger partial charge in [0.05, 0.1) is 4.90 Å². The fourth-order valence-corrected chi connectivity index (χ4v) is 4.94. The topological polar surface area (TPSA) is 83.7 Å². The van der Waals surface area contributed by atoms with Crippen LogP contribution in [0.2, 0.25) is 0 Å². The van der Waals surface area contributed by atoms with E-state index in [9.17, 15) is 13.2 Å². The van der Waals surface area contributed by atoms with Crippen LogP contribution in [0.15, 0.2) is 29.2 Å². The maximum atomic E-state index is 12.9. The van der Waals surface area contributed by atoms with Gasteiger partial charge < -0.3 is 10.6 Å². The first-order chi connectivity index (χ1) is 11.5. The molecule has 0 spiro atoms. The van der Waals surface area contributed by atoms with E-state index in [4.69, 9.17) is 5.73 Å². The Bertz CT molecular complexity index is 697. The van der Waals surface area contributed by atoms with Crippen molar-refractivity contribution in [1.29, 1.82) is 0 Å². The molecule has 2 fully saturated rings. The van der Waals surface area contributed by atoms with Gasteiger partial charge in [-0.15, -0.1) is 0 Å². The lowest BCUT2D eigenvalue weighted by atomic mass is 10.2. The summed E-state index contributed by atoms with van der Waals surface area (Å²) in [5.74, 6) is -0.143. The van der Waals surface area contributed by atoms with Gasteiger partial charge in [0.1, 0.15) is 0 Å². The smallest absolute Gasteiger partial charge is 0.253 e. The number of carbonyl (C=O) groups excluding carboxylic acids is 1. The second-order valence-corrected chi connectivity index (χ2v) is 8.58. The number of rotatable bonds is 3. The number of carbonyl (C=O) groups is 1. The van der Waals surface area contributed by atoms with E-state index in [0.717, 1.165) is 32.1 Å². The van der Waals surface area contributed by atoms with Gasteiger partial charge in [-0.1, -0.05) is 18.9 Å². The third-order valence-electron chi connectivity index (χ3n) is 4.80. The highest BCUT2D eigenvalue weighted by Crippen LogP contribution is 2.22. The Balaban J connectivity index is 1.82. The zero-order valence-corrected chi connectivity index (χ0v) is 14.7. The van der Waals surface area contributed by atoms with Crippen LogP contribution >= 0.6 is 0 Å². The summed E-state index contributed by atoms with van der Waals surface area (Å²) < 4.78 is 27.3. The van der Waals surface area contributed by atoms with Gasteiger partial charge in [0.15, 0.2) is 0 Å². The number of benzene rings is 1. The van der Waals surface area contributed by atoms with E-state index in [-0.39, 0.29) is 16.8 Å². The summed E-state index contributed by atoms with van der Waals surface area (Å²) in [5.41, 5.74) is 6.27. The van der Waals surface area contributed by atoms with Crippen LogP contribution in [0.5, 0.6) is 0 Å². The highest BCUT2D eigenvalue weighted by Gasteiger charge is 2.28. The number of sulfonamides is 1. The normalized spacial score (nSPS) is 23.2. The molecule has 24 heavy (non-hydrogen) atoms. The van der Waals surface area contributed by atoms with Crippen LogP contribution in [0.25, 0.3) is 0 Å². The van der Waals surface area contributed by atoms with Crippen LogP contribution in [0.4, 0.5) is 0 Å². The van der Waals surface area contributed by atoms with Crippen LogP contribution in [-0.4, -0.2) is 55.8 Å². The van der Waals surface area contributed by atoms with E-state index < -0.39 is 10.0 Å². The fraction of sp³-hybridized carbons (Fsp3) is 0.588. The summed E-state index contributed by atoms with van der Waals surface area (Å²) in [4.78, 5) is 14.5. The van der Waals surface area contributed by atoms with Gasteiger partial charge >= 0.3 is 0 Å². The highest BCUT2D eigenvalue weighted by molar-refractivity contribution is 7.89. The zero-order chi connectivity index (χ0) is 17.2. The minimum atomic E-state index is -3.54. The molecule has 2 saturated heterocycles. The SMILES string of the molecule is N[C@@H]1CCN(C(=O)c2cccc(S(=O)(=O)N3CCCCCC3)c2)C1. The number of hydrogen-bond acceptors (Lipinski definition) is 4. The highest BCUT2D eigenvalue weighted by atomic mass is 32.2. The second kappa shape index (κ2) is 7.21. The molecule has 1 aromatic rings. The summed E-state index contributed by atoms with van der Waals surface area (Å²) >= 11 is 0. The minimum Gasteiger partial charge on any atom is -0.337 e. The first kappa shape index (κ1) is 17.4. The number of nitrogens with two attached hydrogens (primary N) is 1. The molecule has 2 heterocycles. The van der Waals surface area contributed by atoms with E-state index in [1.54, 1.807) is 27.4 Å². The van der Waals surface area contributed by atoms with Gasteiger partial charge in [-0.25, -0.2) is 8.42 Å². The van der Waals surface area contributed by atoms with Crippen LogP contribution in [0.1, 0.15) is 42.5 Å². The molecule has 0 aliphatic carbocycles. The van der Waals surface area contributed by atoms with E-state index in [1.165, 1.54) is 6.07 Å². The van der Waals surface area contributed by atoms with Crippen LogP contribution in [0.3, 0.4) is 0 Å². The third kappa shape index (κ3) is 3.63. The lowest BCUT2D eigenvalue weighted by Crippen LogP contribution is -2.33. The van der Waals surface area contributed by atoms with Crippen molar-refractivity contribution in [3.63, 3.8) is 0 Å². The van der Waals surface area contributed by atoms with Crippen LogP contribution in [0, 0.1) is 0 Å². The zero-order valence-electron chi connectivity index (χ0n) is 13.9. The molecule has 1 atom stereocenters. The van der Waals surface area contributed by atoms with E-state index in [0.29, 0.717) is 31.7 Å². The Labute approximate surface area is 143 Å². The lowest BCUT2D eigenvalue weighted by molar-refractivity contribution is 0.0790. The van der Waals surface area contributed by atoms with Gasteiger partial charge in [0, 0.05) is 37.8 Å². The van der Waals surface area contributed by atoms with Crippen molar-refractivity contribution >= 4 is 15.9 Å². The molecule has 0 saturated carbocycles. The maximum absolute atomic E-state index is 12.9. The predicted molar refractivity (Wildman–Crippen MR) is 92.2 cm³/mol. The fourth-order valence-electron chi connectivity index (χ4n) is 3.38. The van der Waals surface area contributed by atoms with E-state index >= 15 is 0 Å². The van der Waals surface area contributed by atoms with Crippen molar-refractivity contribution in [2.24, 2.45) is 5.73 Å². The average molecular weight is 351 g/mol. The number of hydrogen-bond donors (Lipinski definition) is 1. The molecular formula is C17H25N3O3S. The largest absolute Gasteiger partial charge is 0.337 e. The minimum absolute atomic E-state index is 0.0120. The first-order valence-electron chi connectivity index (χ1n) is 8.63. The van der Waals surface area contributed by atoms with Gasteiger partial charge in [0.2, 0.25) is 10.0 Å². The monoisotopic (exact) mass is 351 g/mol. The quantitative estimate of drug-likeness (QED) is 0.893. The predicted octanol–water partition coefficient (Wildman–Crippen LogP) is 1.42. The second-order valence-electron chi connectivity index (χ2n) is 6.65. The molecular weight excluding hydrogens is 326 g/mol. The van der Waals surface area contributed by atoms with E-state index in [1.807, 2.05) is 0 Å². The molecule has 0 radical (unpaired) electrons. The maximum Gasteiger partial charge on any atom is 0.253 e. The van der Waals surface area contributed by atoms with Gasteiger partial charge in [0.25, 0.3) is 5.91 Å². The molecule has 0 unspecified atom stereocenters. The molecule has 0 bridgehead atoms. The molecule has 132 valence electrons. The van der Waals surface area contributed by atoms with Crippen molar-refractivity contribution in [3.05, 3.63) is 29.8 Å².